The van der Waals surface area contributed by atoms with E-state index in [0.717, 1.165) is 28.4 Å². The number of aliphatic hydroxyl groups excluding tert-OH is 1. The molecule has 0 spiro atoms. The zero-order valence-electron chi connectivity index (χ0n) is 11.2. The fourth-order valence-electron chi connectivity index (χ4n) is 1.82. The molecule has 0 aliphatic carbocycles. The van der Waals surface area contributed by atoms with Crippen LogP contribution in [0.5, 0.6) is 17.2 Å². The first kappa shape index (κ1) is 13.4. The summed E-state index contributed by atoms with van der Waals surface area (Å²) >= 11 is 0. The highest BCUT2D eigenvalue weighted by Gasteiger charge is 2.02. The largest absolute Gasteiger partial charge is 0.494 e. The fourth-order valence-corrected chi connectivity index (χ4v) is 1.82. The molecule has 3 nitrogen and oxygen atoms in total. The van der Waals surface area contributed by atoms with Crippen molar-refractivity contribution in [2.75, 3.05) is 6.61 Å². The first-order valence-corrected chi connectivity index (χ1v) is 6.34. The zero-order valence-corrected chi connectivity index (χ0v) is 11.2. The normalized spacial score (nSPS) is 10.3. The van der Waals surface area contributed by atoms with Crippen LogP contribution in [0.1, 0.15) is 18.1 Å². The van der Waals surface area contributed by atoms with Crippen LogP contribution in [0.3, 0.4) is 0 Å². The topological polar surface area (TPSA) is 38.7 Å². The minimum atomic E-state index is 0.0508. The van der Waals surface area contributed by atoms with Gasteiger partial charge in [-0.1, -0.05) is 6.07 Å². The Morgan fingerprint density at radius 2 is 1.58 bits per heavy atom. The van der Waals surface area contributed by atoms with Gasteiger partial charge in [0.15, 0.2) is 0 Å². The molecule has 0 unspecified atom stereocenters. The van der Waals surface area contributed by atoms with Gasteiger partial charge in [-0.25, -0.2) is 0 Å². The third kappa shape index (κ3) is 3.48. The van der Waals surface area contributed by atoms with Gasteiger partial charge < -0.3 is 14.6 Å². The Morgan fingerprint density at radius 3 is 2.16 bits per heavy atom. The van der Waals surface area contributed by atoms with Crippen molar-refractivity contribution < 1.29 is 14.6 Å². The lowest BCUT2D eigenvalue weighted by Gasteiger charge is -2.09. The molecule has 2 rings (SSSR count). The standard InChI is InChI=1S/C16H18O3/c1-3-18-14-6-8-15(9-7-14)19-16-5-4-13(11-17)12(2)10-16/h4-10,17H,3,11H2,1-2H3. The van der Waals surface area contributed by atoms with Gasteiger partial charge in [0.1, 0.15) is 17.2 Å². The summed E-state index contributed by atoms with van der Waals surface area (Å²) in [5.41, 5.74) is 1.94. The quantitative estimate of drug-likeness (QED) is 0.889. The highest BCUT2D eigenvalue weighted by atomic mass is 16.5. The molecule has 0 aliphatic heterocycles. The van der Waals surface area contributed by atoms with E-state index in [1.807, 2.05) is 56.3 Å². The molecule has 3 heteroatoms. The Kier molecular flexibility index (Phi) is 4.42. The maximum atomic E-state index is 9.13. The molecule has 100 valence electrons. The molecule has 2 aromatic carbocycles. The molecular weight excluding hydrogens is 240 g/mol. The Hall–Kier alpha value is -2.00. The number of hydrogen-bond acceptors (Lipinski definition) is 3. The lowest BCUT2D eigenvalue weighted by atomic mass is 10.1. The van der Waals surface area contributed by atoms with Crippen LogP contribution in [0.15, 0.2) is 42.5 Å². The van der Waals surface area contributed by atoms with Gasteiger partial charge in [0, 0.05) is 0 Å². The van der Waals surface area contributed by atoms with Crippen molar-refractivity contribution in [3.05, 3.63) is 53.6 Å². The van der Waals surface area contributed by atoms with Crippen LogP contribution in [0.25, 0.3) is 0 Å². The number of ether oxygens (including phenoxy) is 2. The van der Waals surface area contributed by atoms with E-state index in [4.69, 9.17) is 14.6 Å². The first-order valence-electron chi connectivity index (χ1n) is 6.34. The molecule has 0 aliphatic rings. The molecule has 0 saturated heterocycles. The molecule has 1 N–H and O–H groups in total. The van der Waals surface area contributed by atoms with Crippen molar-refractivity contribution in [1.82, 2.24) is 0 Å². The molecule has 0 atom stereocenters. The molecule has 2 aromatic rings. The van der Waals surface area contributed by atoms with Crippen LogP contribution in [0.2, 0.25) is 0 Å². The van der Waals surface area contributed by atoms with E-state index in [-0.39, 0.29) is 6.61 Å². The third-order valence-electron chi connectivity index (χ3n) is 2.85. The van der Waals surface area contributed by atoms with Crippen LogP contribution < -0.4 is 9.47 Å². The third-order valence-corrected chi connectivity index (χ3v) is 2.85. The molecule has 0 saturated carbocycles. The van der Waals surface area contributed by atoms with Crippen molar-refractivity contribution in [3.63, 3.8) is 0 Å². The van der Waals surface area contributed by atoms with Gasteiger partial charge in [-0.3, -0.25) is 0 Å². The van der Waals surface area contributed by atoms with Gasteiger partial charge in [-0.05, 0) is 61.4 Å². The van der Waals surface area contributed by atoms with E-state index < -0.39 is 0 Å². The van der Waals surface area contributed by atoms with Crippen LogP contribution in [0.4, 0.5) is 0 Å². The van der Waals surface area contributed by atoms with Crippen molar-refractivity contribution in [1.29, 1.82) is 0 Å². The van der Waals surface area contributed by atoms with Crippen LogP contribution in [-0.2, 0) is 6.61 Å². The van der Waals surface area contributed by atoms with Gasteiger partial charge in [0.2, 0.25) is 0 Å². The van der Waals surface area contributed by atoms with Gasteiger partial charge >= 0.3 is 0 Å². The monoisotopic (exact) mass is 258 g/mol. The summed E-state index contributed by atoms with van der Waals surface area (Å²) in [7, 11) is 0. The van der Waals surface area contributed by atoms with Gasteiger partial charge in [0.05, 0.1) is 13.2 Å². The van der Waals surface area contributed by atoms with E-state index in [9.17, 15) is 0 Å². The summed E-state index contributed by atoms with van der Waals surface area (Å²) in [6, 6.07) is 13.2. The Bertz CT molecular complexity index is 532. The first-order chi connectivity index (χ1) is 9.22. The van der Waals surface area contributed by atoms with E-state index in [0.29, 0.717) is 6.61 Å². The second kappa shape index (κ2) is 6.25. The van der Waals surface area contributed by atoms with Crippen LogP contribution >= 0.6 is 0 Å². The van der Waals surface area contributed by atoms with E-state index in [1.54, 1.807) is 0 Å². The highest BCUT2D eigenvalue weighted by Crippen LogP contribution is 2.25. The van der Waals surface area contributed by atoms with Crippen LogP contribution in [0, 0.1) is 6.92 Å². The summed E-state index contributed by atoms with van der Waals surface area (Å²) in [6.45, 7) is 4.61. The van der Waals surface area contributed by atoms with E-state index in [2.05, 4.69) is 0 Å². The maximum absolute atomic E-state index is 9.13. The minimum Gasteiger partial charge on any atom is -0.494 e. The molecule has 0 fully saturated rings. The van der Waals surface area contributed by atoms with Crippen molar-refractivity contribution in [2.45, 2.75) is 20.5 Å². The van der Waals surface area contributed by atoms with Gasteiger partial charge in [0.25, 0.3) is 0 Å². The Balaban J connectivity index is 2.10. The molecule has 19 heavy (non-hydrogen) atoms. The SMILES string of the molecule is CCOc1ccc(Oc2ccc(CO)c(C)c2)cc1. The highest BCUT2D eigenvalue weighted by molar-refractivity contribution is 5.39. The Morgan fingerprint density at radius 1 is 0.947 bits per heavy atom. The summed E-state index contributed by atoms with van der Waals surface area (Å²) in [6.07, 6.45) is 0. The molecule has 0 aromatic heterocycles. The van der Waals surface area contributed by atoms with Crippen molar-refractivity contribution in [2.24, 2.45) is 0 Å². The number of rotatable bonds is 5. The Labute approximate surface area is 113 Å². The number of aryl methyl sites for hydroxylation is 1. The van der Waals surface area contributed by atoms with E-state index >= 15 is 0 Å². The molecule has 0 bridgehead atoms. The second-order valence-corrected chi connectivity index (χ2v) is 4.25. The summed E-state index contributed by atoms with van der Waals surface area (Å²) in [5.74, 6) is 2.36. The summed E-state index contributed by atoms with van der Waals surface area (Å²) in [4.78, 5) is 0. The van der Waals surface area contributed by atoms with Crippen LogP contribution in [-0.4, -0.2) is 11.7 Å². The second-order valence-electron chi connectivity index (χ2n) is 4.25. The number of hydrogen-bond donors (Lipinski definition) is 1. The smallest absolute Gasteiger partial charge is 0.127 e. The van der Waals surface area contributed by atoms with Gasteiger partial charge in [-0.2, -0.15) is 0 Å². The molecule has 0 radical (unpaired) electrons. The zero-order chi connectivity index (χ0) is 13.7. The molecule has 0 heterocycles. The fraction of sp³-hybridized carbons (Fsp3) is 0.250. The molecular formula is C16H18O3. The predicted octanol–water partition coefficient (Wildman–Crippen LogP) is 3.68. The van der Waals surface area contributed by atoms with Crippen molar-refractivity contribution >= 4 is 0 Å². The molecule has 0 amide bonds. The number of benzene rings is 2. The lowest BCUT2D eigenvalue weighted by Crippen LogP contribution is -1.92. The lowest BCUT2D eigenvalue weighted by molar-refractivity contribution is 0.281. The average Bonchev–Trinajstić information content (AvgIpc) is 2.42. The van der Waals surface area contributed by atoms with E-state index in [1.165, 1.54) is 0 Å². The average molecular weight is 258 g/mol. The van der Waals surface area contributed by atoms with Gasteiger partial charge in [-0.15, -0.1) is 0 Å². The maximum Gasteiger partial charge on any atom is 0.127 e. The summed E-state index contributed by atoms with van der Waals surface area (Å²) in [5, 5.41) is 9.13. The minimum absolute atomic E-state index is 0.0508. The predicted molar refractivity (Wildman–Crippen MR) is 74.8 cm³/mol. The summed E-state index contributed by atoms with van der Waals surface area (Å²) < 4.78 is 11.1. The van der Waals surface area contributed by atoms with Crippen molar-refractivity contribution in [3.8, 4) is 17.2 Å². The number of aliphatic hydroxyl groups is 1.